The van der Waals surface area contributed by atoms with Gasteiger partial charge in [-0.05, 0) is 0 Å². The number of nitriles is 1. The van der Waals surface area contributed by atoms with E-state index in [0.29, 0.717) is 25.5 Å². The standard InChI is InChI=1S/C16H18F2N8O/c1-16(17,18)15-12(22-8-11-7-20-2-3-27-11)4-13(25-26-15)24-14-9-21-10(5-19)6-23-14/h4,6,9,11,20H,2-3,7-8H2,1H3,(H2,22,23,24,25)/t11-/m0/s1. The average Bonchev–Trinajstić information content (AvgIpc) is 2.67. The van der Waals surface area contributed by atoms with E-state index in [2.05, 4.69) is 36.1 Å². The summed E-state index contributed by atoms with van der Waals surface area (Å²) < 4.78 is 33.3. The molecule has 11 heteroatoms. The number of alkyl halides is 2. The molecule has 0 radical (unpaired) electrons. The first-order valence-corrected chi connectivity index (χ1v) is 8.27. The maximum atomic E-state index is 13.9. The molecular formula is C16H18F2N8O. The van der Waals surface area contributed by atoms with Gasteiger partial charge in [0.25, 0.3) is 5.92 Å². The molecule has 1 aliphatic heterocycles. The number of hydrogen-bond donors (Lipinski definition) is 3. The van der Waals surface area contributed by atoms with E-state index < -0.39 is 11.6 Å². The van der Waals surface area contributed by atoms with Gasteiger partial charge in [-0.2, -0.15) is 14.0 Å². The van der Waals surface area contributed by atoms with Crippen LogP contribution in [0.4, 0.5) is 26.1 Å². The molecule has 2 aromatic rings. The molecule has 0 amide bonds. The van der Waals surface area contributed by atoms with Crippen molar-refractivity contribution in [3.05, 3.63) is 29.8 Å². The minimum atomic E-state index is -3.16. The van der Waals surface area contributed by atoms with E-state index in [1.165, 1.54) is 18.5 Å². The number of morpholine rings is 1. The highest BCUT2D eigenvalue weighted by Gasteiger charge is 2.31. The highest BCUT2D eigenvalue weighted by molar-refractivity contribution is 5.60. The SMILES string of the molecule is CC(F)(F)c1nnc(Nc2cnc(C#N)cn2)cc1NC[C@@H]1CNCCO1. The van der Waals surface area contributed by atoms with Crippen LogP contribution in [-0.2, 0) is 10.7 Å². The molecule has 0 aromatic carbocycles. The zero-order valence-electron chi connectivity index (χ0n) is 14.5. The fraction of sp³-hybridized carbons (Fsp3) is 0.438. The summed E-state index contributed by atoms with van der Waals surface area (Å²) >= 11 is 0. The van der Waals surface area contributed by atoms with Crippen LogP contribution in [0, 0.1) is 11.3 Å². The van der Waals surface area contributed by atoms with Crippen LogP contribution in [0.25, 0.3) is 0 Å². The van der Waals surface area contributed by atoms with Crippen molar-refractivity contribution in [1.29, 1.82) is 5.26 Å². The predicted octanol–water partition coefficient (Wildman–Crippen LogP) is 1.39. The van der Waals surface area contributed by atoms with Gasteiger partial charge in [0.15, 0.2) is 17.2 Å². The molecule has 0 saturated carbocycles. The van der Waals surface area contributed by atoms with Gasteiger partial charge in [-0.1, -0.05) is 0 Å². The van der Waals surface area contributed by atoms with Gasteiger partial charge < -0.3 is 20.7 Å². The molecule has 9 nitrogen and oxygen atoms in total. The van der Waals surface area contributed by atoms with E-state index >= 15 is 0 Å². The van der Waals surface area contributed by atoms with Gasteiger partial charge in [-0.3, -0.25) is 0 Å². The van der Waals surface area contributed by atoms with Crippen molar-refractivity contribution < 1.29 is 13.5 Å². The van der Waals surface area contributed by atoms with Crippen molar-refractivity contribution in [2.24, 2.45) is 0 Å². The second-order valence-corrected chi connectivity index (χ2v) is 5.98. The Morgan fingerprint density at radius 3 is 2.81 bits per heavy atom. The Kier molecular flexibility index (Phi) is 5.68. The third-order valence-corrected chi connectivity index (χ3v) is 3.76. The van der Waals surface area contributed by atoms with Crippen LogP contribution in [0.2, 0.25) is 0 Å². The van der Waals surface area contributed by atoms with Gasteiger partial charge in [0.1, 0.15) is 11.9 Å². The Morgan fingerprint density at radius 1 is 1.33 bits per heavy atom. The molecule has 0 aliphatic carbocycles. The quantitative estimate of drug-likeness (QED) is 0.687. The highest BCUT2D eigenvalue weighted by atomic mass is 19.3. The minimum Gasteiger partial charge on any atom is -0.381 e. The van der Waals surface area contributed by atoms with Crippen LogP contribution in [0.5, 0.6) is 0 Å². The second-order valence-electron chi connectivity index (χ2n) is 5.98. The Hall–Kier alpha value is -2.97. The lowest BCUT2D eigenvalue weighted by Gasteiger charge is -2.25. The molecule has 1 fully saturated rings. The summed E-state index contributed by atoms with van der Waals surface area (Å²) in [6.07, 6.45) is 2.50. The summed E-state index contributed by atoms with van der Waals surface area (Å²) in [5.41, 5.74) is -0.144. The first-order chi connectivity index (χ1) is 13.0. The summed E-state index contributed by atoms with van der Waals surface area (Å²) in [4.78, 5) is 7.88. The van der Waals surface area contributed by atoms with Crippen LogP contribution >= 0.6 is 0 Å². The van der Waals surface area contributed by atoms with E-state index in [1.54, 1.807) is 0 Å². The van der Waals surface area contributed by atoms with E-state index in [4.69, 9.17) is 10.00 Å². The summed E-state index contributed by atoms with van der Waals surface area (Å²) in [6, 6.07) is 3.29. The molecule has 0 bridgehead atoms. The Bertz CT molecular complexity index is 813. The number of halogens is 2. The predicted molar refractivity (Wildman–Crippen MR) is 92.7 cm³/mol. The lowest BCUT2D eigenvalue weighted by Crippen LogP contribution is -2.42. The molecule has 3 N–H and O–H groups in total. The molecule has 2 aromatic heterocycles. The zero-order valence-corrected chi connectivity index (χ0v) is 14.5. The minimum absolute atomic E-state index is 0.133. The molecule has 0 spiro atoms. The Morgan fingerprint density at radius 2 is 2.19 bits per heavy atom. The normalized spacial score (nSPS) is 17.2. The maximum absolute atomic E-state index is 13.9. The fourth-order valence-corrected chi connectivity index (χ4v) is 2.47. The van der Waals surface area contributed by atoms with Gasteiger partial charge in [0, 0.05) is 32.6 Å². The Balaban J connectivity index is 1.77. The average molecular weight is 376 g/mol. The molecule has 27 heavy (non-hydrogen) atoms. The molecule has 1 atom stereocenters. The zero-order chi connectivity index (χ0) is 19.3. The third-order valence-electron chi connectivity index (χ3n) is 3.76. The van der Waals surface area contributed by atoms with Gasteiger partial charge in [0.05, 0.1) is 30.8 Å². The van der Waals surface area contributed by atoms with Crippen LogP contribution in [0.3, 0.4) is 0 Å². The van der Waals surface area contributed by atoms with E-state index in [9.17, 15) is 8.78 Å². The summed E-state index contributed by atoms with van der Waals surface area (Å²) in [7, 11) is 0. The number of rotatable bonds is 6. The van der Waals surface area contributed by atoms with E-state index in [1.807, 2.05) is 6.07 Å². The van der Waals surface area contributed by atoms with Gasteiger partial charge >= 0.3 is 0 Å². The Labute approximate surface area is 154 Å². The molecule has 3 heterocycles. The van der Waals surface area contributed by atoms with Gasteiger partial charge in [-0.15, -0.1) is 10.2 Å². The molecule has 142 valence electrons. The number of nitrogens with one attached hydrogen (secondary N) is 3. The maximum Gasteiger partial charge on any atom is 0.290 e. The number of ether oxygens (including phenoxy) is 1. The number of aromatic nitrogens is 4. The monoisotopic (exact) mass is 376 g/mol. The lowest BCUT2D eigenvalue weighted by atomic mass is 10.2. The first kappa shape index (κ1) is 18.8. The van der Waals surface area contributed by atoms with Crippen LogP contribution in [-0.4, -0.2) is 52.5 Å². The van der Waals surface area contributed by atoms with Crippen molar-refractivity contribution in [1.82, 2.24) is 25.5 Å². The molecule has 1 aliphatic rings. The van der Waals surface area contributed by atoms with Crippen molar-refractivity contribution in [2.45, 2.75) is 19.0 Å². The molecule has 1 saturated heterocycles. The van der Waals surface area contributed by atoms with Crippen molar-refractivity contribution in [3.8, 4) is 6.07 Å². The van der Waals surface area contributed by atoms with Crippen molar-refractivity contribution in [3.63, 3.8) is 0 Å². The fourth-order valence-electron chi connectivity index (χ4n) is 2.47. The number of hydrogen-bond acceptors (Lipinski definition) is 9. The molecule has 0 unspecified atom stereocenters. The largest absolute Gasteiger partial charge is 0.381 e. The number of anilines is 3. The first-order valence-electron chi connectivity index (χ1n) is 8.27. The topological polar surface area (TPSA) is 121 Å². The summed E-state index contributed by atoms with van der Waals surface area (Å²) in [5, 5.41) is 25.2. The van der Waals surface area contributed by atoms with Crippen molar-refractivity contribution >= 4 is 17.3 Å². The summed E-state index contributed by atoms with van der Waals surface area (Å²) in [6.45, 7) is 3.08. The van der Waals surface area contributed by atoms with Crippen LogP contribution in [0.1, 0.15) is 18.3 Å². The molecule has 3 rings (SSSR count). The lowest BCUT2D eigenvalue weighted by molar-refractivity contribution is 0.0123. The van der Waals surface area contributed by atoms with Crippen LogP contribution in [0.15, 0.2) is 18.5 Å². The van der Waals surface area contributed by atoms with E-state index in [-0.39, 0.29) is 23.3 Å². The van der Waals surface area contributed by atoms with Gasteiger partial charge in [-0.25, -0.2) is 9.97 Å². The smallest absolute Gasteiger partial charge is 0.290 e. The third kappa shape index (κ3) is 5.02. The summed E-state index contributed by atoms with van der Waals surface area (Å²) in [5.74, 6) is -2.63. The number of nitrogens with zero attached hydrogens (tertiary/aromatic N) is 5. The second kappa shape index (κ2) is 8.15. The molecular weight excluding hydrogens is 358 g/mol. The highest BCUT2D eigenvalue weighted by Crippen LogP contribution is 2.32. The van der Waals surface area contributed by atoms with Crippen molar-refractivity contribution in [2.75, 3.05) is 36.9 Å². The van der Waals surface area contributed by atoms with Gasteiger partial charge in [0.2, 0.25) is 0 Å². The van der Waals surface area contributed by atoms with E-state index in [0.717, 1.165) is 13.5 Å². The van der Waals surface area contributed by atoms with Crippen LogP contribution < -0.4 is 16.0 Å².